The van der Waals surface area contributed by atoms with Gasteiger partial charge < -0.3 is 15.3 Å². The first-order chi connectivity index (χ1) is 12.0. The fraction of sp³-hybridized carbons (Fsp3) is 0.857. The van der Waals surface area contributed by atoms with Gasteiger partial charge in [0.25, 0.3) is 0 Å². The molecule has 0 aliphatic heterocycles. The monoisotopic (exact) mass is 354 g/mol. The van der Waals surface area contributed by atoms with Gasteiger partial charge in [0.05, 0.1) is 12.2 Å². The molecule has 25 heavy (non-hydrogen) atoms. The summed E-state index contributed by atoms with van der Waals surface area (Å²) in [6, 6.07) is 0. The molecule has 1 rings (SSSR count). The Morgan fingerprint density at radius 2 is 1.80 bits per heavy atom. The maximum Gasteiger partial charge on any atom is 0.303 e. The zero-order valence-electron chi connectivity index (χ0n) is 15.9. The highest BCUT2D eigenvalue weighted by Gasteiger charge is 2.32. The van der Waals surface area contributed by atoms with Crippen molar-refractivity contribution in [2.75, 3.05) is 0 Å². The van der Waals surface area contributed by atoms with E-state index in [1.165, 1.54) is 25.7 Å². The van der Waals surface area contributed by atoms with E-state index in [-0.39, 0.29) is 24.5 Å². The summed E-state index contributed by atoms with van der Waals surface area (Å²) >= 11 is 0. The van der Waals surface area contributed by atoms with E-state index in [4.69, 9.17) is 5.11 Å². The molecule has 1 aliphatic rings. The first-order valence-corrected chi connectivity index (χ1v) is 10.3. The normalized spacial score (nSPS) is 24.8. The average Bonchev–Trinajstić information content (AvgIpc) is 2.92. The van der Waals surface area contributed by atoms with E-state index in [0.717, 1.165) is 51.4 Å². The molecule has 4 unspecified atom stereocenters. The van der Waals surface area contributed by atoms with Crippen LogP contribution in [-0.4, -0.2) is 33.5 Å². The number of allylic oxidation sites excluding steroid dienone is 1. The van der Waals surface area contributed by atoms with Gasteiger partial charge in [0.2, 0.25) is 0 Å². The van der Waals surface area contributed by atoms with Crippen molar-refractivity contribution in [2.45, 2.75) is 103 Å². The van der Waals surface area contributed by atoms with Crippen LogP contribution in [0.1, 0.15) is 90.4 Å². The molecule has 0 spiro atoms. The van der Waals surface area contributed by atoms with Crippen molar-refractivity contribution in [3.63, 3.8) is 0 Å². The molecule has 4 atom stereocenters. The molecular weight excluding hydrogens is 316 g/mol. The summed E-state index contributed by atoms with van der Waals surface area (Å²) in [6.45, 7) is 2.20. The predicted octanol–water partition coefficient (Wildman–Crippen LogP) is 4.69. The van der Waals surface area contributed by atoms with Gasteiger partial charge in [0, 0.05) is 6.42 Å². The molecule has 0 aromatic rings. The van der Waals surface area contributed by atoms with Crippen LogP contribution in [0.5, 0.6) is 0 Å². The van der Waals surface area contributed by atoms with Crippen LogP contribution in [0.2, 0.25) is 0 Å². The lowest BCUT2D eigenvalue weighted by atomic mass is 9.88. The minimum Gasteiger partial charge on any atom is -0.481 e. The Morgan fingerprint density at radius 1 is 1.08 bits per heavy atom. The average molecular weight is 355 g/mol. The molecule has 1 fully saturated rings. The molecule has 0 aromatic carbocycles. The van der Waals surface area contributed by atoms with Crippen molar-refractivity contribution >= 4 is 5.97 Å². The van der Waals surface area contributed by atoms with Gasteiger partial charge in [-0.3, -0.25) is 4.79 Å². The zero-order chi connectivity index (χ0) is 18.5. The molecule has 1 aliphatic carbocycles. The van der Waals surface area contributed by atoms with Gasteiger partial charge in [-0.1, -0.05) is 64.0 Å². The van der Waals surface area contributed by atoms with Crippen molar-refractivity contribution < 1.29 is 20.1 Å². The lowest BCUT2D eigenvalue weighted by molar-refractivity contribution is -0.137. The molecule has 0 saturated heterocycles. The molecule has 4 nitrogen and oxygen atoms in total. The Kier molecular flexibility index (Phi) is 11.8. The number of carboxylic acids is 1. The first-order valence-electron chi connectivity index (χ1n) is 10.3. The maximum absolute atomic E-state index is 10.5. The van der Waals surface area contributed by atoms with Crippen LogP contribution < -0.4 is 0 Å². The van der Waals surface area contributed by atoms with Crippen LogP contribution in [0.25, 0.3) is 0 Å². The smallest absolute Gasteiger partial charge is 0.303 e. The lowest BCUT2D eigenvalue weighted by Crippen LogP contribution is -2.18. The van der Waals surface area contributed by atoms with Crippen LogP contribution in [0.3, 0.4) is 0 Å². The number of aliphatic hydroxyl groups excluding tert-OH is 2. The summed E-state index contributed by atoms with van der Waals surface area (Å²) in [5.74, 6) is -0.118. The Bertz CT molecular complexity index is 380. The highest BCUT2D eigenvalue weighted by Crippen LogP contribution is 2.36. The van der Waals surface area contributed by atoms with Crippen molar-refractivity contribution in [3.05, 3.63) is 12.2 Å². The Balaban J connectivity index is 2.26. The van der Waals surface area contributed by atoms with Crippen molar-refractivity contribution in [1.82, 2.24) is 0 Å². The van der Waals surface area contributed by atoms with Crippen LogP contribution in [0, 0.1) is 11.8 Å². The number of aliphatic carboxylic acids is 1. The maximum atomic E-state index is 10.5. The number of rotatable bonds is 14. The Hall–Kier alpha value is -0.870. The lowest BCUT2D eigenvalue weighted by Gasteiger charge is -2.20. The number of aliphatic hydroxyl groups is 2. The van der Waals surface area contributed by atoms with Gasteiger partial charge >= 0.3 is 5.97 Å². The summed E-state index contributed by atoms with van der Waals surface area (Å²) in [5.41, 5.74) is 0. The molecular formula is C21H38O4. The topological polar surface area (TPSA) is 77.8 Å². The highest BCUT2D eigenvalue weighted by atomic mass is 16.4. The van der Waals surface area contributed by atoms with E-state index in [1.807, 2.05) is 6.08 Å². The second kappa shape index (κ2) is 13.3. The second-order valence-electron chi connectivity index (χ2n) is 7.62. The molecule has 1 saturated carbocycles. The summed E-state index contributed by atoms with van der Waals surface area (Å²) in [5, 5.41) is 29.0. The van der Waals surface area contributed by atoms with Gasteiger partial charge in [-0.2, -0.15) is 0 Å². The molecule has 0 heterocycles. The standard InChI is InChI=1S/C21H38O4/c1-2-3-4-5-7-10-18(22)15-13-17-14-16-20(23)19(17)11-8-6-9-12-21(24)25/h13,15,17-20,22-23H,2-12,14,16H2,1H3,(H,24,25). The molecule has 0 radical (unpaired) electrons. The minimum absolute atomic E-state index is 0.237. The quantitative estimate of drug-likeness (QED) is 0.312. The predicted molar refractivity (Wildman–Crippen MR) is 101 cm³/mol. The molecule has 4 heteroatoms. The van der Waals surface area contributed by atoms with Crippen LogP contribution in [0.4, 0.5) is 0 Å². The van der Waals surface area contributed by atoms with Crippen molar-refractivity contribution in [1.29, 1.82) is 0 Å². The molecule has 146 valence electrons. The van der Waals surface area contributed by atoms with E-state index >= 15 is 0 Å². The molecule has 0 amide bonds. The van der Waals surface area contributed by atoms with Crippen LogP contribution in [-0.2, 0) is 4.79 Å². The number of hydrogen-bond donors (Lipinski definition) is 3. The fourth-order valence-electron chi connectivity index (χ4n) is 3.88. The number of unbranched alkanes of at least 4 members (excludes halogenated alkanes) is 6. The third kappa shape index (κ3) is 10.0. The van der Waals surface area contributed by atoms with Gasteiger partial charge in [0.1, 0.15) is 0 Å². The molecule has 0 bridgehead atoms. The van der Waals surface area contributed by atoms with E-state index in [0.29, 0.717) is 5.92 Å². The second-order valence-corrected chi connectivity index (χ2v) is 7.62. The van der Waals surface area contributed by atoms with Gasteiger partial charge in [0.15, 0.2) is 0 Å². The molecule has 0 aromatic heterocycles. The summed E-state index contributed by atoms with van der Waals surface area (Å²) in [6.07, 6.45) is 15.9. The summed E-state index contributed by atoms with van der Waals surface area (Å²) in [4.78, 5) is 10.5. The fourth-order valence-corrected chi connectivity index (χ4v) is 3.88. The SMILES string of the molecule is CCCCCCCC(O)C=CC1CCC(O)C1CCCCCC(=O)O. The Labute approximate surface area is 153 Å². The van der Waals surface area contributed by atoms with Crippen LogP contribution >= 0.6 is 0 Å². The van der Waals surface area contributed by atoms with Crippen molar-refractivity contribution in [3.8, 4) is 0 Å². The van der Waals surface area contributed by atoms with Crippen LogP contribution in [0.15, 0.2) is 12.2 Å². The number of carbonyl (C=O) groups is 1. The largest absolute Gasteiger partial charge is 0.481 e. The van der Waals surface area contributed by atoms with E-state index in [1.54, 1.807) is 0 Å². The first kappa shape index (κ1) is 22.2. The van der Waals surface area contributed by atoms with E-state index < -0.39 is 5.97 Å². The van der Waals surface area contributed by atoms with Gasteiger partial charge in [-0.05, 0) is 43.9 Å². The number of hydrogen-bond acceptors (Lipinski definition) is 3. The third-order valence-corrected chi connectivity index (χ3v) is 5.45. The zero-order valence-corrected chi connectivity index (χ0v) is 15.9. The van der Waals surface area contributed by atoms with Gasteiger partial charge in [-0.25, -0.2) is 0 Å². The Morgan fingerprint density at radius 3 is 2.52 bits per heavy atom. The van der Waals surface area contributed by atoms with Gasteiger partial charge in [-0.15, -0.1) is 0 Å². The van der Waals surface area contributed by atoms with E-state index in [9.17, 15) is 15.0 Å². The highest BCUT2D eigenvalue weighted by molar-refractivity contribution is 5.66. The summed E-state index contributed by atoms with van der Waals surface area (Å²) < 4.78 is 0. The van der Waals surface area contributed by atoms with Crippen molar-refractivity contribution in [2.24, 2.45) is 11.8 Å². The molecule has 3 N–H and O–H groups in total. The van der Waals surface area contributed by atoms with E-state index in [2.05, 4.69) is 13.0 Å². The summed E-state index contributed by atoms with van der Waals surface area (Å²) in [7, 11) is 0. The minimum atomic E-state index is -0.731. The third-order valence-electron chi connectivity index (χ3n) is 5.45. The number of carboxylic acid groups (broad SMARTS) is 1.